The summed E-state index contributed by atoms with van der Waals surface area (Å²) >= 11 is 0. The molecule has 0 spiro atoms. The third kappa shape index (κ3) is 3.54. The summed E-state index contributed by atoms with van der Waals surface area (Å²) < 4.78 is 14.7. The van der Waals surface area contributed by atoms with Gasteiger partial charge in [0.15, 0.2) is 0 Å². The highest BCUT2D eigenvalue weighted by Gasteiger charge is 2.09. The number of nitrogens with two attached hydrogens (primary N) is 1. The number of aromatic nitrogens is 2. The molecule has 0 aliphatic carbocycles. The zero-order valence-corrected chi connectivity index (χ0v) is 11.1. The lowest BCUT2D eigenvalue weighted by Crippen LogP contribution is -2.10. The molecular formula is C14H19FN4. The molecule has 3 N–H and O–H groups in total. The fourth-order valence-corrected chi connectivity index (χ4v) is 1.94. The molecule has 0 radical (unpaired) electrons. The van der Waals surface area contributed by atoms with Gasteiger partial charge < -0.3 is 11.1 Å². The highest BCUT2D eigenvalue weighted by molar-refractivity contribution is 5.48. The normalized spacial score (nSPS) is 10.7. The Labute approximate surface area is 112 Å². The molecule has 0 atom stereocenters. The summed E-state index contributed by atoms with van der Waals surface area (Å²) in [5.41, 5.74) is 8.64. The van der Waals surface area contributed by atoms with E-state index in [1.165, 1.54) is 12.1 Å². The van der Waals surface area contributed by atoms with Gasteiger partial charge >= 0.3 is 0 Å². The van der Waals surface area contributed by atoms with Gasteiger partial charge in [-0.05, 0) is 30.7 Å². The van der Waals surface area contributed by atoms with Crippen LogP contribution in [0, 0.1) is 5.82 Å². The van der Waals surface area contributed by atoms with Crippen LogP contribution in [-0.4, -0.2) is 22.9 Å². The maximum Gasteiger partial charge on any atom is 0.123 e. The lowest BCUT2D eigenvalue weighted by molar-refractivity contribution is 0.627. The van der Waals surface area contributed by atoms with Crippen molar-refractivity contribution in [3.8, 4) is 0 Å². The largest absolute Gasteiger partial charge is 0.382 e. The SMILES string of the molecule is Cn1ncc(NCCCN)c1Cc1ccc(F)cc1. The maximum atomic E-state index is 12.9. The van der Waals surface area contributed by atoms with Gasteiger partial charge in [-0.15, -0.1) is 0 Å². The Hall–Kier alpha value is -1.88. The second-order valence-electron chi connectivity index (χ2n) is 4.50. The molecule has 0 fully saturated rings. The Morgan fingerprint density at radius 3 is 2.74 bits per heavy atom. The lowest BCUT2D eigenvalue weighted by atomic mass is 10.1. The van der Waals surface area contributed by atoms with E-state index in [1.54, 1.807) is 12.1 Å². The van der Waals surface area contributed by atoms with Gasteiger partial charge in [0.05, 0.1) is 17.6 Å². The summed E-state index contributed by atoms with van der Waals surface area (Å²) in [7, 11) is 1.91. The maximum absolute atomic E-state index is 12.9. The Morgan fingerprint density at radius 1 is 1.32 bits per heavy atom. The van der Waals surface area contributed by atoms with Crippen molar-refractivity contribution >= 4 is 5.69 Å². The highest BCUT2D eigenvalue weighted by Crippen LogP contribution is 2.18. The number of aryl methyl sites for hydroxylation is 1. The smallest absolute Gasteiger partial charge is 0.123 e. The molecule has 102 valence electrons. The quantitative estimate of drug-likeness (QED) is 0.782. The van der Waals surface area contributed by atoms with E-state index in [0.717, 1.165) is 36.3 Å². The predicted octanol–water partition coefficient (Wildman–Crippen LogP) is 1.91. The average molecular weight is 262 g/mol. The molecule has 1 aromatic heterocycles. The highest BCUT2D eigenvalue weighted by atomic mass is 19.1. The van der Waals surface area contributed by atoms with Gasteiger partial charge in [0.25, 0.3) is 0 Å². The summed E-state index contributed by atoms with van der Waals surface area (Å²) in [5.74, 6) is -0.213. The predicted molar refractivity (Wildman–Crippen MR) is 74.6 cm³/mol. The topological polar surface area (TPSA) is 55.9 Å². The van der Waals surface area contributed by atoms with E-state index in [-0.39, 0.29) is 5.82 Å². The summed E-state index contributed by atoms with van der Waals surface area (Å²) in [6, 6.07) is 6.55. The van der Waals surface area contributed by atoms with Crippen molar-refractivity contribution in [3.05, 3.63) is 47.5 Å². The molecule has 1 aromatic carbocycles. The minimum Gasteiger partial charge on any atom is -0.382 e. The fourth-order valence-electron chi connectivity index (χ4n) is 1.94. The van der Waals surface area contributed by atoms with Crippen molar-refractivity contribution in [1.29, 1.82) is 0 Å². The molecular weight excluding hydrogens is 243 g/mol. The van der Waals surface area contributed by atoms with E-state index < -0.39 is 0 Å². The van der Waals surface area contributed by atoms with Crippen LogP contribution in [0.2, 0.25) is 0 Å². The molecule has 0 saturated heterocycles. The van der Waals surface area contributed by atoms with E-state index in [0.29, 0.717) is 6.54 Å². The van der Waals surface area contributed by atoms with E-state index >= 15 is 0 Å². The molecule has 1 heterocycles. The lowest BCUT2D eigenvalue weighted by Gasteiger charge is -2.08. The van der Waals surface area contributed by atoms with Gasteiger partial charge in [0.2, 0.25) is 0 Å². The van der Waals surface area contributed by atoms with Crippen LogP contribution >= 0.6 is 0 Å². The summed E-state index contributed by atoms with van der Waals surface area (Å²) in [6.07, 6.45) is 3.46. The van der Waals surface area contributed by atoms with Crippen molar-refractivity contribution in [2.75, 3.05) is 18.4 Å². The number of benzene rings is 1. The molecule has 0 amide bonds. The molecule has 0 unspecified atom stereocenters. The first-order chi connectivity index (χ1) is 9.20. The molecule has 2 rings (SSSR count). The number of nitrogens with zero attached hydrogens (tertiary/aromatic N) is 2. The molecule has 0 aliphatic rings. The standard InChI is InChI=1S/C14H19FN4/c1-19-14(9-11-3-5-12(15)6-4-11)13(10-18-19)17-8-2-7-16/h3-6,10,17H,2,7-9,16H2,1H3. The van der Waals surface area contributed by atoms with E-state index in [2.05, 4.69) is 10.4 Å². The molecule has 0 saturated carbocycles. The summed E-state index contributed by atoms with van der Waals surface area (Å²) in [6.45, 7) is 1.50. The molecule has 4 nitrogen and oxygen atoms in total. The van der Waals surface area contributed by atoms with Crippen LogP contribution in [0.3, 0.4) is 0 Å². The van der Waals surface area contributed by atoms with Gasteiger partial charge in [-0.1, -0.05) is 12.1 Å². The molecule has 0 aliphatic heterocycles. The average Bonchev–Trinajstić information content (AvgIpc) is 2.74. The Morgan fingerprint density at radius 2 is 2.05 bits per heavy atom. The Kier molecular flexibility index (Phi) is 4.52. The van der Waals surface area contributed by atoms with Crippen LogP contribution in [-0.2, 0) is 13.5 Å². The molecule has 5 heteroatoms. The van der Waals surface area contributed by atoms with Gasteiger partial charge in [0, 0.05) is 20.0 Å². The van der Waals surface area contributed by atoms with Gasteiger partial charge in [0.1, 0.15) is 5.82 Å². The summed E-state index contributed by atoms with van der Waals surface area (Å²) in [4.78, 5) is 0. The van der Waals surface area contributed by atoms with Crippen LogP contribution in [0.5, 0.6) is 0 Å². The minimum atomic E-state index is -0.213. The van der Waals surface area contributed by atoms with Crippen molar-refractivity contribution in [2.45, 2.75) is 12.8 Å². The zero-order chi connectivity index (χ0) is 13.7. The van der Waals surface area contributed by atoms with E-state index in [1.807, 2.05) is 17.9 Å². The summed E-state index contributed by atoms with van der Waals surface area (Å²) in [5, 5.41) is 7.59. The molecule has 19 heavy (non-hydrogen) atoms. The number of halogens is 1. The third-order valence-electron chi connectivity index (χ3n) is 3.04. The third-order valence-corrected chi connectivity index (χ3v) is 3.04. The Balaban J connectivity index is 2.10. The first-order valence-electron chi connectivity index (χ1n) is 6.40. The Bertz CT molecular complexity index is 519. The second kappa shape index (κ2) is 6.33. The van der Waals surface area contributed by atoms with E-state index in [4.69, 9.17) is 5.73 Å². The van der Waals surface area contributed by atoms with Gasteiger partial charge in [-0.2, -0.15) is 5.10 Å². The number of hydrogen-bond donors (Lipinski definition) is 2. The van der Waals surface area contributed by atoms with Gasteiger partial charge in [-0.3, -0.25) is 4.68 Å². The van der Waals surface area contributed by atoms with Crippen LogP contribution in [0.4, 0.5) is 10.1 Å². The van der Waals surface area contributed by atoms with Crippen molar-refractivity contribution in [1.82, 2.24) is 9.78 Å². The first kappa shape index (κ1) is 13.5. The second-order valence-corrected chi connectivity index (χ2v) is 4.50. The van der Waals surface area contributed by atoms with Crippen LogP contribution < -0.4 is 11.1 Å². The zero-order valence-electron chi connectivity index (χ0n) is 11.1. The van der Waals surface area contributed by atoms with Crippen molar-refractivity contribution < 1.29 is 4.39 Å². The van der Waals surface area contributed by atoms with Gasteiger partial charge in [-0.25, -0.2) is 4.39 Å². The van der Waals surface area contributed by atoms with E-state index in [9.17, 15) is 4.39 Å². The van der Waals surface area contributed by atoms with Crippen molar-refractivity contribution in [2.24, 2.45) is 12.8 Å². The van der Waals surface area contributed by atoms with Crippen LogP contribution in [0.15, 0.2) is 30.5 Å². The number of anilines is 1. The first-order valence-corrected chi connectivity index (χ1v) is 6.40. The van der Waals surface area contributed by atoms with Crippen LogP contribution in [0.25, 0.3) is 0 Å². The number of rotatable bonds is 6. The fraction of sp³-hybridized carbons (Fsp3) is 0.357. The minimum absolute atomic E-state index is 0.213. The van der Waals surface area contributed by atoms with Crippen molar-refractivity contribution in [3.63, 3.8) is 0 Å². The monoisotopic (exact) mass is 262 g/mol. The number of nitrogens with one attached hydrogen (secondary N) is 1. The van der Waals surface area contributed by atoms with Crippen LogP contribution in [0.1, 0.15) is 17.7 Å². The number of hydrogen-bond acceptors (Lipinski definition) is 3. The molecule has 2 aromatic rings. The molecule has 0 bridgehead atoms.